The molecule has 1 fully saturated rings. The Kier molecular flexibility index (Phi) is 8.38. The van der Waals surface area contributed by atoms with Crippen LogP contribution in [0.4, 0.5) is 0 Å². The lowest BCUT2D eigenvalue weighted by Gasteiger charge is -2.29. The maximum Gasteiger partial charge on any atom is 0.294 e. The Hall–Kier alpha value is -3.37. The standard InChI is InChI=1S/C25H32N4O6/c30-18(16-34-23-11-5-9-21-25(23)19-7-2-3-8-20(19)28-21)15-26-12-13-27-24(31)14-17-6-1-4-10-22(17)35-29(32)33/h2-3,5,7-9,11,17-18,22,26,28,30H,1,4,6,10,12-16H2,(H,27,31). The number of carbonyl (C=O) groups is 1. The van der Waals surface area contributed by atoms with Crippen molar-refractivity contribution in [2.75, 3.05) is 26.2 Å². The van der Waals surface area contributed by atoms with Crippen LogP contribution in [-0.4, -0.2) is 59.5 Å². The first kappa shape index (κ1) is 24.7. The quantitative estimate of drug-likeness (QED) is 0.176. The predicted octanol–water partition coefficient (Wildman–Crippen LogP) is 2.92. The molecule has 1 saturated carbocycles. The average molecular weight is 485 g/mol. The molecular formula is C25H32N4O6. The first-order chi connectivity index (χ1) is 17.0. The summed E-state index contributed by atoms with van der Waals surface area (Å²) in [4.78, 5) is 31.0. The van der Waals surface area contributed by atoms with Crippen molar-refractivity contribution < 1.29 is 24.6 Å². The van der Waals surface area contributed by atoms with Gasteiger partial charge in [-0.25, -0.2) is 0 Å². The van der Waals surface area contributed by atoms with Gasteiger partial charge in [-0.2, -0.15) is 0 Å². The van der Waals surface area contributed by atoms with Crippen LogP contribution >= 0.6 is 0 Å². The minimum absolute atomic E-state index is 0.136. The third-order valence-electron chi connectivity index (χ3n) is 6.44. The number of para-hydroxylation sites is 1. The van der Waals surface area contributed by atoms with Crippen LogP contribution in [0.1, 0.15) is 32.1 Å². The molecule has 1 aromatic heterocycles. The zero-order chi connectivity index (χ0) is 24.6. The summed E-state index contributed by atoms with van der Waals surface area (Å²) in [6, 6.07) is 13.8. The van der Waals surface area contributed by atoms with Crippen LogP contribution in [0.2, 0.25) is 0 Å². The summed E-state index contributed by atoms with van der Waals surface area (Å²) in [7, 11) is 0. The average Bonchev–Trinajstić information content (AvgIpc) is 3.23. The normalized spacial score (nSPS) is 18.9. The number of benzene rings is 2. The second kappa shape index (κ2) is 11.9. The highest BCUT2D eigenvalue weighted by atomic mass is 17.0. The van der Waals surface area contributed by atoms with Gasteiger partial charge in [0.25, 0.3) is 5.09 Å². The van der Waals surface area contributed by atoms with E-state index in [0.717, 1.165) is 41.1 Å². The van der Waals surface area contributed by atoms with E-state index in [1.807, 2.05) is 42.5 Å². The third kappa shape index (κ3) is 6.61. The highest BCUT2D eigenvalue weighted by molar-refractivity contribution is 6.10. The number of H-pyrrole nitrogens is 1. The van der Waals surface area contributed by atoms with E-state index in [0.29, 0.717) is 31.8 Å². The van der Waals surface area contributed by atoms with Crippen LogP contribution in [0.25, 0.3) is 21.8 Å². The second-order valence-electron chi connectivity index (χ2n) is 8.98. The molecule has 1 heterocycles. The van der Waals surface area contributed by atoms with Gasteiger partial charge in [-0.3, -0.25) is 4.79 Å². The van der Waals surface area contributed by atoms with E-state index in [4.69, 9.17) is 9.57 Å². The molecule has 35 heavy (non-hydrogen) atoms. The van der Waals surface area contributed by atoms with E-state index >= 15 is 0 Å². The first-order valence-corrected chi connectivity index (χ1v) is 12.1. The topological polar surface area (TPSA) is 139 Å². The lowest BCUT2D eigenvalue weighted by atomic mass is 9.84. The Balaban J connectivity index is 1.16. The van der Waals surface area contributed by atoms with Crippen LogP contribution in [0.15, 0.2) is 42.5 Å². The smallest absolute Gasteiger partial charge is 0.294 e. The van der Waals surface area contributed by atoms with E-state index in [2.05, 4.69) is 15.6 Å². The van der Waals surface area contributed by atoms with Crippen molar-refractivity contribution in [3.05, 3.63) is 52.6 Å². The van der Waals surface area contributed by atoms with Crippen molar-refractivity contribution in [3.8, 4) is 5.75 Å². The van der Waals surface area contributed by atoms with Crippen molar-refractivity contribution in [2.45, 2.75) is 44.3 Å². The fourth-order valence-corrected chi connectivity index (χ4v) is 4.76. The highest BCUT2D eigenvalue weighted by Crippen LogP contribution is 2.33. The van der Waals surface area contributed by atoms with Crippen molar-refractivity contribution in [2.24, 2.45) is 5.92 Å². The predicted molar refractivity (Wildman–Crippen MR) is 132 cm³/mol. The molecule has 3 atom stereocenters. The van der Waals surface area contributed by atoms with Gasteiger partial charge >= 0.3 is 0 Å². The van der Waals surface area contributed by atoms with E-state index in [-0.39, 0.29) is 24.9 Å². The zero-order valence-corrected chi connectivity index (χ0v) is 19.6. The Bertz CT molecular complexity index is 1150. The summed E-state index contributed by atoms with van der Waals surface area (Å²) < 4.78 is 5.93. The Morgan fingerprint density at radius 2 is 1.94 bits per heavy atom. The van der Waals surface area contributed by atoms with Crippen LogP contribution in [-0.2, 0) is 9.63 Å². The fraction of sp³-hybridized carbons (Fsp3) is 0.480. The second-order valence-corrected chi connectivity index (χ2v) is 8.98. The third-order valence-corrected chi connectivity index (χ3v) is 6.44. The number of rotatable bonds is 12. The number of aromatic amines is 1. The van der Waals surface area contributed by atoms with Gasteiger partial charge in [-0.05, 0) is 37.0 Å². The Morgan fingerprint density at radius 1 is 1.14 bits per heavy atom. The maximum absolute atomic E-state index is 12.2. The summed E-state index contributed by atoms with van der Waals surface area (Å²) in [5.41, 5.74) is 2.02. The number of aliphatic hydroxyl groups is 1. The van der Waals surface area contributed by atoms with E-state index in [9.17, 15) is 20.0 Å². The molecule has 10 heteroatoms. The summed E-state index contributed by atoms with van der Waals surface area (Å²) in [6.07, 6.45) is 2.18. The molecule has 188 valence electrons. The maximum atomic E-state index is 12.2. The van der Waals surface area contributed by atoms with Gasteiger partial charge in [0.15, 0.2) is 0 Å². The number of fused-ring (bicyclic) bond motifs is 3. The fourth-order valence-electron chi connectivity index (χ4n) is 4.76. The van der Waals surface area contributed by atoms with E-state index in [1.54, 1.807) is 0 Å². The molecule has 1 aliphatic rings. The van der Waals surface area contributed by atoms with Gasteiger partial charge in [0, 0.05) is 42.3 Å². The van der Waals surface area contributed by atoms with Gasteiger partial charge < -0.3 is 30.3 Å². The van der Waals surface area contributed by atoms with Crippen LogP contribution in [0.3, 0.4) is 0 Å². The van der Waals surface area contributed by atoms with Crippen molar-refractivity contribution >= 4 is 27.7 Å². The van der Waals surface area contributed by atoms with Crippen LogP contribution in [0, 0.1) is 16.0 Å². The molecule has 4 N–H and O–H groups in total. The molecule has 10 nitrogen and oxygen atoms in total. The summed E-state index contributed by atoms with van der Waals surface area (Å²) in [6.45, 7) is 1.34. The molecule has 0 saturated heterocycles. The van der Waals surface area contributed by atoms with Crippen molar-refractivity contribution in [1.29, 1.82) is 0 Å². The number of nitrogens with one attached hydrogen (secondary N) is 3. The summed E-state index contributed by atoms with van der Waals surface area (Å²) >= 11 is 0. The number of aliphatic hydroxyl groups excluding tert-OH is 1. The molecule has 0 aliphatic heterocycles. The minimum atomic E-state index is -0.763. The van der Waals surface area contributed by atoms with Crippen LogP contribution in [0.5, 0.6) is 5.75 Å². The highest BCUT2D eigenvalue weighted by Gasteiger charge is 2.29. The van der Waals surface area contributed by atoms with Crippen LogP contribution < -0.4 is 15.4 Å². The molecule has 1 aliphatic carbocycles. The number of amides is 1. The van der Waals surface area contributed by atoms with Gasteiger partial charge in [-0.1, -0.05) is 37.1 Å². The monoisotopic (exact) mass is 484 g/mol. The van der Waals surface area contributed by atoms with E-state index in [1.165, 1.54) is 0 Å². The van der Waals surface area contributed by atoms with Crippen molar-refractivity contribution in [1.82, 2.24) is 15.6 Å². The molecule has 0 bridgehead atoms. The lowest BCUT2D eigenvalue weighted by molar-refractivity contribution is -0.771. The number of hydrogen-bond acceptors (Lipinski definition) is 7. The number of ether oxygens (including phenoxy) is 1. The largest absolute Gasteiger partial charge is 0.490 e. The first-order valence-electron chi connectivity index (χ1n) is 12.1. The summed E-state index contributed by atoms with van der Waals surface area (Å²) in [5, 5.41) is 28.2. The lowest BCUT2D eigenvalue weighted by Crippen LogP contribution is -2.39. The molecule has 4 rings (SSSR count). The molecule has 0 spiro atoms. The molecule has 3 unspecified atom stereocenters. The molecule has 1 amide bonds. The number of carbonyl (C=O) groups excluding carboxylic acids is 1. The van der Waals surface area contributed by atoms with Gasteiger partial charge in [0.05, 0.1) is 5.52 Å². The Labute approximate surface area is 203 Å². The number of aromatic nitrogens is 1. The van der Waals surface area contributed by atoms with Gasteiger partial charge in [-0.15, -0.1) is 10.1 Å². The number of nitrogens with zero attached hydrogens (tertiary/aromatic N) is 1. The molecular weight excluding hydrogens is 452 g/mol. The molecule has 3 aromatic rings. The molecule has 2 aromatic carbocycles. The Morgan fingerprint density at radius 3 is 2.80 bits per heavy atom. The number of hydrogen-bond donors (Lipinski definition) is 4. The summed E-state index contributed by atoms with van der Waals surface area (Å²) in [5.74, 6) is 0.433. The van der Waals surface area contributed by atoms with Gasteiger partial charge in [0.1, 0.15) is 24.6 Å². The molecule has 0 radical (unpaired) electrons. The van der Waals surface area contributed by atoms with E-state index < -0.39 is 17.3 Å². The van der Waals surface area contributed by atoms with Gasteiger partial charge in [0.2, 0.25) is 5.91 Å². The van der Waals surface area contributed by atoms with Crippen molar-refractivity contribution in [3.63, 3.8) is 0 Å². The SMILES string of the molecule is O=C(CC1CCCCC1O[N+](=O)[O-])NCCNCC(O)COc1cccc2[nH]c3ccccc3c12. The zero-order valence-electron chi connectivity index (χ0n) is 19.6. The minimum Gasteiger partial charge on any atom is -0.490 e.